The molecule has 1 aromatic rings. The maximum Gasteiger partial charge on any atom is 0.326 e. The standard InChI is InChI=1S/C21H32N2O3/c1-7-8-13-22-18(14-17-11-9-16(2)10-12-17)20(25)23(6)15-19(24)26-21(3,4)5/h7,9-12,18,22H,1,8,13-15H2,2-6H3/t18-/m0/s1. The van der Waals surface area contributed by atoms with Gasteiger partial charge in [0.05, 0.1) is 6.04 Å². The van der Waals surface area contributed by atoms with E-state index in [1.165, 1.54) is 10.5 Å². The molecule has 0 aliphatic carbocycles. The molecule has 0 aliphatic rings. The zero-order chi connectivity index (χ0) is 19.7. The molecule has 0 aliphatic heterocycles. The highest BCUT2D eigenvalue weighted by atomic mass is 16.6. The van der Waals surface area contributed by atoms with Crippen molar-refractivity contribution >= 4 is 11.9 Å². The molecule has 0 bridgehead atoms. The number of rotatable bonds is 9. The zero-order valence-electron chi connectivity index (χ0n) is 16.7. The van der Waals surface area contributed by atoms with Gasteiger partial charge in [0.2, 0.25) is 5.91 Å². The molecule has 1 amide bonds. The average Bonchev–Trinajstić information content (AvgIpc) is 2.53. The lowest BCUT2D eigenvalue weighted by Crippen LogP contribution is -2.48. The minimum atomic E-state index is -0.565. The molecule has 5 heteroatoms. The largest absolute Gasteiger partial charge is 0.459 e. The summed E-state index contributed by atoms with van der Waals surface area (Å²) in [4.78, 5) is 26.3. The van der Waals surface area contributed by atoms with Gasteiger partial charge in [0.1, 0.15) is 12.1 Å². The molecule has 26 heavy (non-hydrogen) atoms. The second-order valence-corrected chi connectivity index (χ2v) is 7.55. The van der Waals surface area contributed by atoms with Crippen LogP contribution in [0.15, 0.2) is 36.9 Å². The molecule has 144 valence electrons. The Hall–Kier alpha value is -2.14. The summed E-state index contributed by atoms with van der Waals surface area (Å²) in [5.74, 6) is -0.533. The molecule has 1 aromatic carbocycles. The Morgan fingerprint density at radius 3 is 2.42 bits per heavy atom. The number of benzene rings is 1. The normalized spacial score (nSPS) is 12.3. The van der Waals surface area contributed by atoms with Crippen molar-refractivity contribution in [1.29, 1.82) is 0 Å². The van der Waals surface area contributed by atoms with E-state index in [2.05, 4.69) is 11.9 Å². The van der Waals surface area contributed by atoms with Crippen molar-refractivity contribution < 1.29 is 14.3 Å². The predicted octanol–water partition coefficient (Wildman–Crippen LogP) is 2.87. The van der Waals surface area contributed by atoms with E-state index in [4.69, 9.17) is 4.74 Å². The molecule has 0 saturated carbocycles. The van der Waals surface area contributed by atoms with Gasteiger partial charge in [-0.25, -0.2) is 0 Å². The van der Waals surface area contributed by atoms with Gasteiger partial charge in [-0.2, -0.15) is 0 Å². The summed E-state index contributed by atoms with van der Waals surface area (Å²) < 4.78 is 5.30. The third-order valence-electron chi connectivity index (χ3n) is 3.76. The predicted molar refractivity (Wildman–Crippen MR) is 105 cm³/mol. The van der Waals surface area contributed by atoms with Crippen LogP contribution in [0, 0.1) is 6.92 Å². The van der Waals surface area contributed by atoms with Crippen LogP contribution in [0.25, 0.3) is 0 Å². The van der Waals surface area contributed by atoms with E-state index >= 15 is 0 Å². The van der Waals surface area contributed by atoms with Gasteiger partial charge in [-0.15, -0.1) is 6.58 Å². The summed E-state index contributed by atoms with van der Waals surface area (Å²) in [6.45, 7) is 11.8. The molecule has 1 N–H and O–H groups in total. The van der Waals surface area contributed by atoms with Crippen LogP contribution in [0.1, 0.15) is 38.3 Å². The molecule has 0 radical (unpaired) electrons. The molecule has 0 heterocycles. The molecule has 0 aromatic heterocycles. The van der Waals surface area contributed by atoms with Crippen LogP contribution in [-0.2, 0) is 20.7 Å². The van der Waals surface area contributed by atoms with Gasteiger partial charge < -0.3 is 15.0 Å². The van der Waals surface area contributed by atoms with Gasteiger partial charge >= 0.3 is 5.97 Å². The van der Waals surface area contributed by atoms with Crippen molar-refractivity contribution in [2.75, 3.05) is 20.1 Å². The van der Waals surface area contributed by atoms with Gasteiger partial charge in [0.25, 0.3) is 0 Å². The lowest BCUT2D eigenvalue weighted by molar-refractivity contribution is -0.158. The van der Waals surface area contributed by atoms with Crippen molar-refractivity contribution in [2.24, 2.45) is 0 Å². The summed E-state index contributed by atoms with van der Waals surface area (Å²) in [6, 6.07) is 7.72. The number of nitrogens with zero attached hydrogens (tertiary/aromatic N) is 1. The first-order valence-electron chi connectivity index (χ1n) is 8.99. The lowest BCUT2D eigenvalue weighted by atomic mass is 10.0. The minimum absolute atomic E-state index is 0.0658. The summed E-state index contributed by atoms with van der Waals surface area (Å²) >= 11 is 0. The number of aryl methyl sites for hydroxylation is 1. The molecule has 1 rings (SSSR count). The van der Waals surface area contributed by atoms with E-state index < -0.39 is 17.6 Å². The van der Waals surface area contributed by atoms with Crippen molar-refractivity contribution in [1.82, 2.24) is 10.2 Å². The monoisotopic (exact) mass is 360 g/mol. The number of hydrogen-bond donors (Lipinski definition) is 1. The molecular weight excluding hydrogens is 328 g/mol. The van der Waals surface area contributed by atoms with Crippen LogP contribution in [0.4, 0.5) is 0 Å². The first-order chi connectivity index (χ1) is 12.1. The number of carbonyl (C=O) groups is 2. The van der Waals surface area contributed by atoms with Crippen molar-refractivity contribution in [3.8, 4) is 0 Å². The number of esters is 1. The zero-order valence-corrected chi connectivity index (χ0v) is 16.7. The van der Waals surface area contributed by atoms with Crippen LogP contribution in [0.3, 0.4) is 0 Å². The Balaban J connectivity index is 2.76. The SMILES string of the molecule is C=CCCN[C@@H](Cc1ccc(C)cc1)C(=O)N(C)CC(=O)OC(C)(C)C. The Labute approximate surface area is 157 Å². The second kappa shape index (κ2) is 10.1. The minimum Gasteiger partial charge on any atom is -0.459 e. The molecule has 0 spiro atoms. The van der Waals surface area contributed by atoms with Crippen LogP contribution >= 0.6 is 0 Å². The highest BCUT2D eigenvalue weighted by Gasteiger charge is 2.25. The molecule has 5 nitrogen and oxygen atoms in total. The Bertz CT molecular complexity index is 603. The van der Waals surface area contributed by atoms with E-state index in [1.807, 2.05) is 58.0 Å². The Morgan fingerprint density at radius 1 is 1.27 bits per heavy atom. The average molecular weight is 360 g/mol. The molecule has 0 saturated heterocycles. The number of ether oxygens (including phenoxy) is 1. The van der Waals surface area contributed by atoms with Gasteiger partial charge in [0, 0.05) is 7.05 Å². The number of amides is 1. The molecule has 0 fully saturated rings. The van der Waals surface area contributed by atoms with Crippen LogP contribution in [0.2, 0.25) is 0 Å². The van der Waals surface area contributed by atoms with E-state index in [0.29, 0.717) is 13.0 Å². The fourth-order valence-electron chi connectivity index (χ4n) is 2.48. The van der Waals surface area contributed by atoms with Gasteiger partial charge in [-0.05, 0) is 52.6 Å². The van der Waals surface area contributed by atoms with E-state index in [1.54, 1.807) is 7.05 Å². The fraction of sp³-hybridized carbons (Fsp3) is 0.524. The highest BCUT2D eigenvalue weighted by Crippen LogP contribution is 2.10. The Morgan fingerprint density at radius 2 is 1.88 bits per heavy atom. The number of hydrogen-bond acceptors (Lipinski definition) is 4. The maximum atomic E-state index is 12.8. The quantitative estimate of drug-likeness (QED) is 0.418. The summed E-state index contributed by atoms with van der Waals surface area (Å²) in [7, 11) is 1.63. The third kappa shape index (κ3) is 8.30. The van der Waals surface area contributed by atoms with Gasteiger partial charge in [0.15, 0.2) is 0 Å². The number of likely N-dealkylation sites (N-methyl/N-ethyl adjacent to an activating group) is 1. The third-order valence-corrected chi connectivity index (χ3v) is 3.76. The topological polar surface area (TPSA) is 58.6 Å². The van der Waals surface area contributed by atoms with Crippen molar-refractivity contribution in [3.63, 3.8) is 0 Å². The lowest BCUT2D eigenvalue weighted by Gasteiger charge is -2.26. The molecule has 1 atom stereocenters. The van der Waals surface area contributed by atoms with Crippen molar-refractivity contribution in [3.05, 3.63) is 48.0 Å². The van der Waals surface area contributed by atoms with Crippen LogP contribution in [0.5, 0.6) is 0 Å². The van der Waals surface area contributed by atoms with E-state index in [0.717, 1.165) is 12.0 Å². The summed E-state index contributed by atoms with van der Waals surface area (Å²) in [5.41, 5.74) is 1.69. The van der Waals surface area contributed by atoms with E-state index in [-0.39, 0.29) is 12.5 Å². The number of nitrogens with one attached hydrogen (secondary N) is 1. The number of carbonyl (C=O) groups excluding carboxylic acids is 2. The smallest absolute Gasteiger partial charge is 0.326 e. The summed E-state index contributed by atoms with van der Waals surface area (Å²) in [6.07, 6.45) is 3.15. The second-order valence-electron chi connectivity index (χ2n) is 7.55. The van der Waals surface area contributed by atoms with Gasteiger partial charge in [-0.3, -0.25) is 9.59 Å². The Kier molecular flexibility index (Phi) is 8.52. The first-order valence-corrected chi connectivity index (χ1v) is 8.99. The molecule has 0 unspecified atom stereocenters. The van der Waals surface area contributed by atoms with Crippen LogP contribution < -0.4 is 5.32 Å². The highest BCUT2D eigenvalue weighted by molar-refractivity contribution is 5.86. The first kappa shape index (κ1) is 21.9. The fourth-order valence-corrected chi connectivity index (χ4v) is 2.48. The molecular formula is C21H32N2O3. The summed E-state index contributed by atoms with van der Waals surface area (Å²) in [5, 5.41) is 3.27. The van der Waals surface area contributed by atoms with Crippen LogP contribution in [-0.4, -0.2) is 48.6 Å². The maximum absolute atomic E-state index is 12.8. The van der Waals surface area contributed by atoms with Crippen molar-refractivity contribution in [2.45, 2.75) is 52.2 Å². The van der Waals surface area contributed by atoms with Gasteiger partial charge in [-0.1, -0.05) is 35.9 Å². The van der Waals surface area contributed by atoms with E-state index in [9.17, 15) is 9.59 Å².